The van der Waals surface area contributed by atoms with E-state index in [2.05, 4.69) is 29.2 Å². The summed E-state index contributed by atoms with van der Waals surface area (Å²) in [5.74, 6) is 0.436. The minimum atomic E-state index is -0.190. The summed E-state index contributed by atoms with van der Waals surface area (Å²) >= 11 is 0. The van der Waals surface area contributed by atoms with Gasteiger partial charge < -0.3 is 10.5 Å². The van der Waals surface area contributed by atoms with Gasteiger partial charge in [-0.3, -0.25) is 10.4 Å². The predicted molar refractivity (Wildman–Crippen MR) is 83.1 cm³/mol. The largest absolute Gasteiger partial charge is 0.465 e. The maximum absolute atomic E-state index is 7.15. The Labute approximate surface area is 124 Å². The molecule has 0 aliphatic heterocycles. The van der Waals surface area contributed by atoms with Gasteiger partial charge in [-0.25, -0.2) is 0 Å². The number of fused-ring (bicyclic) bond motifs is 1. The fourth-order valence-corrected chi connectivity index (χ4v) is 3.03. The lowest BCUT2D eigenvalue weighted by Crippen LogP contribution is -2.24. The van der Waals surface area contributed by atoms with Gasteiger partial charge in [-0.1, -0.05) is 24.3 Å². The Kier molecular flexibility index (Phi) is 3.86. The van der Waals surface area contributed by atoms with Crippen molar-refractivity contribution in [1.29, 1.82) is 5.41 Å². The molecule has 1 aliphatic rings. The Balaban J connectivity index is 1.83. The van der Waals surface area contributed by atoms with Gasteiger partial charge in [0.1, 0.15) is 0 Å². The zero-order chi connectivity index (χ0) is 14.7. The molecule has 4 nitrogen and oxygen atoms in total. The van der Waals surface area contributed by atoms with Crippen LogP contribution in [0, 0.1) is 11.3 Å². The second-order valence-electron chi connectivity index (χ2n) is 5.47. The molecule has 3 N–H and O–H groups in total. The van der Waals surface area contributed by atoms with Gasteiger partial charge in [0, 0.05) is 18.0 Å². The molecule has 1 aliphatic carbocycles. The first-order valence-electron chi connectivity index (χ1n) is 7.22. The number of hydrogen-bond donors (Lipinski definition) is 2. The molecular weight excluding hydrogens is 262 g/mol. The van der Waals surface area contributed by atoms with Crippen LogP contribution in [-0.4, -0.2) is 17.6 Å². The molecule has 0 spiro atoms. The van der Waals surface area contributed by atoms with Crippen LogP contribution in [0.25, 0.3) is 11.1 Å². The Morgan fingerprint density at radius 2 is 2.24 bits per heavy atom. The van der Waals surface area contributed by atoms with E-state index < -0.39 is 0 Å². The molecule has 2 aromatic rings. The van der Waals surface area contributed by atoms with Crippen molar-refractivity contribution in [2.75, 3.05) is 6.61 Å². The second-order valence-corrected chi connectivity index (χ2v) is 5.47. The molecule has 108 valence electrons. The van der Waals surface area contributed by atoms with Crippen LogP contribution in [0.3, 0.4) is 0 Å². The van der Waals surface area contributed by atoms with Crippen LogP contribution in [0.1, 0.15) is 17.5 Å². The Hall–Kier alpha value is -2.36. The number of nitrogens with one attached hydrogen (secondary N) is 1. The minimum absolute atomic E-state index is 0.190. The van der Waals surface area contributed by atoms with Crippen LogP contribution in [0.2, 0.25) is 0 Å². The highest BCUT2D eigenvalue weighted by molar-refractivity contribution is 5.68. The van der Waals surface area contributed by atoms with E-state index in [0.717, 1.165) is 19.3 Å². The van der Waals surface area contributed by atoms with E-state index in [1.165, 1.54) is 22.3 Å². The summed E-state index contributed by atoms with van der Waals surface area (Å²) in [6, 6.07) is 10.4. The predicted octanol–water partition coefficient (Wildman–Crippen LogP) is 2.76. The quantitative estimate of drug-likeness (QED) is 0.671. The molecule has 0 radical (unpaired) electrons. The first-order valence-corrected chi connectivity index (χ1v) is 7.22. The SMILES string of the molecule is N=C(N)OCC1CCc2c(cccc2-c2cccnc2)C1. The molecular formula is C17H19N3O. The van der Waals surface area contributed by atoms with Crippen LogP contribution in [0.5, 0.6) is 0 Å². The van der Waals surface area contributed by atoms with E-state index >= 15 is 0 Å². The van der Waals surface area contributed by atoms with Gasteiger partial charge in [0.25, 0.3) is 6.02 Å². The molecule has 1 heterocycles. The lowest BCUT2D eigenvalue weighted by Gasteiger charge is -2.26. The van der Waals surface area contributed by atoms with Crippen molar-refractivity contribution in [2.24, 2.45) is 11.7 Å². The second kappa shape index (κ2) is 5.95. The topological polar surface area (TPSA) is 72.0 Å². The van der Waals surface area contributed by atoms with Crippen molar-refractivity contribution in [2.45, 2.75) is 19.3 Å². The van der Waals surface area contributed by atoms with E-state index in [1.807, 2.05) is 12.3 Å². The van der Waals surface area contributed by atoms with Crippen molar-refractivity contribution in [3.05, 3.63) is 53.9 Å². The number of rotatable bonds is 3. The van der Waals surface area contributed by atoms with Crippen LogP contribution in [-0.2, 0) is 17.6 Å². The fourth-order valence-electron chi connectivity index (χ4n) is 3.03. The first-order chi connectivity index (χ1) is 10.2. The van der Waals surface area contributed by atoms with Crippen molar-refractivity contribution in [3.8, 4) is 11.1 Å². The summed E-state index contributed by atoms with van der Waals surface area (Å²) in [7, 11) is 0. The minimum Gasteiger partial charge on any atom is -0.465 e. The van der Waals surface area contributed by atoms with Crippen molar-refractivity contribution < 1.29 is 4.74 Å². The molecule has 1 atom stereocenters. The lowest BCUT2D eigenvalue weighted by molar-refractivity contribution is 0.218. The summed E-state index contributed by atoms with van der Waals surface area (Å²) in [5, 5.41) is 7.15. The standard InChI is InChI=1S/C17H19N3O/c18-17(19)21-11-12-6-7-16-13(9-12)3-1-5-15(16)14-4-2-8-20-10-14/h1-5,8,10,12H,6-7,9,11H2,(H3,18,19). The van der Waals surface area contributed by atoms with Gasteiger partial charge in [-0.15, -0.1) is 0 Å². The average Bonchev–Trinajstić information content (AvgIpc) is 2.53. The Bertz CT molecular complexity index is 640. The van der Waals surface area contributed by atoms with Gasteiger partial charge in [-0.2, -0.15) is 0 Å². The summed E-state index contributed by atoms with van der Waals surface area (Å²) in [4.78, 5) is 4.22. The number of benzene rings is 1. The van der Waals surface area contributed by atoms with E-state index in [9.17, 15) is 0 Å². The monoisotopic (exact) mass is 281 g/mol. The number of aromatic nitrogens is 1. The van der Waals surface area contributed by atoms with Crippen molar-refractivity contribution >= 4 is 6.02 Å². The number of pyridine rings is 1. The van der Waals surface area contributed by atoms with Crippen LogP contribution in [0.4, 0.5) is 0 Å². The molecule has 0 bridgehead atoms. The molecule has 0 saturated carbocycles. The Morgan fingerprint density at radius 3 is 3.00 bits per heavy atom. The molecule has 3 rings (SSSR count). The average molecular weight is 281 g/mol. The molecule has 0 saturated heterocycles. The first kappa shape index (κ1) is 13.6. The zero-order valence-electron chi connectivity index (χ0n) is 11.9. The van der Waals surface area contributed by atoms with Crippen molar-refractivity contribution in [3.63, 3.8) is 0 Å². The molecule has 1 aromatic carbocycles. The van der Waals surface area contributed by atoms with Crippen molar-refractivity contribution in [1.82, 2.24) is 4.98 Å². The number of ether oxygens (including phenoxy) is 1. The maximum atomic E-state index is 7.15. The third-order valence-electron chi connectivity index (χ3n) is 4.03. The van der Waals surface area contributed by atoms with E-state index in [4.69, 9.17) is 15.9 Å². The smallest absolute Gasteiger partial charge is 0.279 e. The fraction of sp³-hybridized carbons (Fsp3) is 0.294. The summed E-state index contributed by atoms with van der Waals surface area (Å²) < 4.78 is 5.16. The van der Waals surface area contributed by atoms with Gasteiger partial charge >= 0.3 is 0 Å². The van der Waals surface area contributed by atoms with Gasteiger partial charge in [0.15, 0.2) is 0 Å². The lowest BCUT2D eigenvalue weighted by atomic mass is 9.81. The van der Waals surface area contributed by atoms with E-state index in [-0.39, 0.29) is 6.02 Å². The normalized spacial score (nSPS) is 17.0. The summed E-state index contributed by atoms with van der Waals surface area (Å²) in [6.45, 7) is 0.534. The van der Waals surface area contributed by atoms with Gasteiger partial charge in [-0.05, 0) is 47.9 Å². The summed E-state index contributed by atoms with van der Waals surface area (Å²) in [5.41, 5.74) is 10.5. The Morgan fingerprint density at radius 1 is 1.33 bits per heavy atom. The number of nitrogens with zero attached hydrogens (tertiary/aromatic N) is 1. The van der Waals surface area contributed by atoms with E-state index in [0.29, 0.717) is 12.5 Å². The third-order valence-corrected chi connectivity index (χ3v) is 4.03. The maximum Gasteiger partial charge on any atom is 0.279 e. The van der Waals surface area contributed by atoms with Crippen LogP contribution in [0.15, 0.2) is 42.7 Å². The highest BCUT2D eigenvalue weighted by Crippen LogP contribution is 2.33. The third kappa shape index (κ3) is 3.05. The number of nitrogens with two attached hydrogens (primary N) is 1. The van der Waals surface area contributed by atoms with E-state index in [1.54, 1.807) is 6.20 Å². The molecule has 4 heteroatoms. The molecule has 0 amide bonds. The highest BCUT2D eigenvalue weighted by atomic mass is 16.5. The van der Waals surface area contributed by atoms with Gasteiger partial charge in [0.2, 0.25) is 0 Å². The summed E-state index contributed by atoms with van der Waals surface area (Å²) in [6.07, 6.45) is 6.80. The molecule has 0 fully saturated rings. The highest BCUT2D eigenvalue weighted by Gasteiger charge is 2.21. The van der Waals surface area contributed by atoms with Crippen LogP contribution < -0.4 is 5.73 Å². The molecule has 1 aromatic heterocycles. The van der Waals surface area contributed by atoms with Crippen LogP contribution >= 0.6 is 0 Å². The zero-order valence-corrected chi connectivity index (χ0v) is 11.9. The number of amidine groups is 1. The number of hydrogen-bond acceptors (Lipinski definition) is 3. The molecule has 1 unspecified atom stereocenters. The molecule has 21 heavy (non-hydrogen) atoms. The van der Waals surface area contributed by atoms with Gasteiger partial charge in [0.05, 0.1) is 6.61 Å².